The minimum Gasteiger partial charge on any atom is -0.444 e. The average Bonchev–Trinajstić information content (AvgIpc) is 2.83. The Bertz CT molecular complexity index is 356. The van der Waals surface area contributed by atoms with Crippen LogP contribution >= 0.6 is 0 Å². The number of carbonyl (C=O) groups is 3. The summed E-state index contributed by atoms with van der Waals surface area (Å²) in [5.74, 6) is -0.0740. The lowest BCUT2D eigenvalue weighted by atomic mass is 10.2. The van der Waals surface area contributed by atoms with Crippen molar-refractivity contribution >= 4 is 17.9 Å². The van der Waals surface area contributed by atoms with Crippen molar-refractivity contribution in [3.8, 4) is 0 Å². The Morgan fingerprint density at radius 3 is 2.36 bits per heavy atom. The molecule has 0 aromatic heterocycles. The maximum Gasteiger partial charge on any atom is 0.407 e. The first-order chi connectivity index (χ1) is 10.2. The van der Waals surface area contributed by atoms with Gasteiger partial charge in [-0.15, -0.1) is 0 Å². The number of ether oxygens (including phenoxy) is 1. The summed E-state index contributed by atoms with van der Waals surface area (Å²) in [4.78, 5) is 31.8. The van der Waals surface area contributed by atoms with Crippen LogP contribution in [-0.4, -0.2) is 36.6 Å². The van der Waals surface area contributed by atoms with E-state index in [1.54, 1.807) is 0 Å². The Morgan fingerprint density at radius 2 is 1.95 bits per heavy atom. The maximum atomic E-state index is 11.2. The van der Waals surface area contributed by atoms with Crippen LogP contribution in [0.1, 0.15) is 59.3 Å². The van der Waals surface area contributed by atoms with Gasteiger partial charge >= 0.3 is 6.09 Å². The van der Waals surface area contributed by atoms with Gasteiger partial charge in [-0.3, -0.25) is 9.59 Å². The molecule has 0 atom stereocenters. The molecule has 1 fully saturated rings. The predicted molar refractivity (Wildman–Crippen MR) is 84.1 cm³/mol. The van der Waals surface area contributed by atoms with Gasteiger partial charge in [0.25, 0.3) is 0 Å². The maximum absolute atomic E-state index is 11.2. The lowest BCUT2D eigenvalue weighted by Gasteiger charge is -2.19. The van der Waals surface area contributed by atoms with Crippen molar-refractivity contribution in [2.24, 2.45) is 5.73 Å². The number of primary amides is 1. The molecule has 0 spiro atoms. The molecule has 0 bridgehead atoms. The summed E-state index contributed by atoms with van der Waals surface area (Å²) < 4.78 is 5.06. The number of amides is 3. The lowest BCUT2D eigenvalue weighted by molar-refractivity contribution is -0.119. The lowest BCUT2D eigenvalue weighted by Crippen LogP contribution is -2.33. The smallest absolute Gasteiger partial charge is 0.407 e. The molecule has 1 heterocycles. The zero-order valence-electron chi connectivity index (χ0n) is 13.9. The highest BCUT2D eigenvalue weighted by Gasteiger charge is 2.15. The van der Waals surface area contributed by atoms with E-state index in [1.165, 1.54) is 0 Å². The summed E-state index contributed by atoms with van der Waals surface area (Å²) >= 11 is 0. The molecule has 4 N–H and O–H groups in total. The molecule has 1 rings (SSSR count). The molecule has 1 saturated heterocycles. The number of rotatable bonds is 6. The zero-order chi connectivity index (χ0) is 17.0. The fourth-order valence-electron chi connectivity index (χ4n) is 1.67. The summed E-state index contributed by atoms with van der Waals surface area (Å²) in [5.41, 5.74) is 4.53. The van der Waals surface area contributed by atoms with Crippen molar-refractivity contribution in [3.63, 3.8) is 0 Å². The van der Waals surface area contributed by atoms with Gasteiger partial charge in [-0.05, 0) is 40.0 Å². The molecule has 0 unspecified atom stereocenters. The van der Waals surface area contributed by atoms with Gasteiger partial charge in [0.1, 0.15) is 5.60 Å². The van der Waals surface area contributed by atoms with E-state index in [1.807, 2.05) is 20.8 Å². The van der Waals surface area contributed by atoms with Crippen molar-refractivity contribution in [1.82, 2.24) is 10.6 Å². The first-order valence-corrected chi connectivity index (χ1v) is 7.72. The van der Waals surface area contributed by atoms with Crippen molar-refractivity contribution in [3.05, 3.63) is 0 Å². The number of nitrogens with one attached hydrogen (secondary N) is 2. The van der Waals surface area contributed by atoms with Crippen LogP contribution in [0.4, 0.5) is 4.79 Å². The molecule has 0 aromatic carbocycles. The number of unbranched alkanes of at least 4 members (excludes halogenated alkanes) is 2. The predicted octanol–water partition coefficient (Wildman–Crippen LogP) is 1.45. The molecule has 0 radical (unpaired) electrons. The SMILES string of the molecule is CC(C)(C)OC(=O)NCCCCCC(N)=O.O=C1CCCN1. The van der Waals surface area contributed by atoms with Crippen molar-refractivity contribution in [1.29, 1.82) is 0 Å². The van der Waals surface area contributed by atoms with E-state index in [-0.39, 0.29) is 11.8 Å². The van der Waals surface area contributed by atoms with Gasteiger partial charge in [0.05, 0.1) is 0 Å². The number of hydrogen-bond donors (Lipinski definition) is 3. The van der Waals surface area contributed by atoms with Gasteiger partial charge in [-0.2, -0.15) is 0 Å². The van der Waals surface area contributed by atoms with Crippen LogP contribution < -0.4 is 16.4 Å². The van der Waals surface area contributed by atoms with Crippen LogP contribution in [0.5, 0.6) is 0 Å². The van der Waals surface area contributed by atoms with Crippen LogP contribution in [-0.2, 0) is 14.3 Å². The summed E-state index contributed by atoms with van der Waals surface area (Å²) in [7, 11) is 0. The van der Waals surface area contributed by atoms with E-state index in [2.05, 4.69) is 10.6 Å². The molecule has 128 valence electrons. The van der Waals surface area contributed by atoms with E-state index in [0.29, 0.717) is 13.0 Å². The zero-order valence-corrected chi connectivity index (χ0v) is 13.9. The molecule has 3 amide bonds. The van der Waals surface area contributed by atoms with Gasteiger partial charge in [-0.1, -0.05) is 6.42 Å². The van der Waals surface area contributed by atoms with Gasteiger partial charge < -0.3 is 21.1 Å². The third-order valence-electron chi connectivity index (χ3n) is 2.67. The first kappa shape index (κ1) is 20.2. The summed E-state index contributed by atoms with van der Waals surface area (Å²) in [5, 5.41) is 5.33. The van der Waals surface area contributed by atoms with Gasteiger partial charge in [0, 0.05) is 25.9 Å². The molecule has 7 nitrogen and oxygen atoms in total. The molecular formula is C15H29N3O4. The highest BCUT2D eigenvalue weighted by atomic mass is 16.6. The molecule has 1 aliphatic rings. The number of hydrogen-bond acceptors (Lipinski definition) is 4. The van der Waals surface area contributed by atoms with Crippen LogP contribution in [0.25, 0.3) is 0 Å². The number of nitrogens with two attached hydrogens (primary N) is 1. The monoisotopic (exact) mass is 315 g/mol. The Morgan fingerprint density at radius 1 is 1.27 bits per heavy atom. The highest BCUT2D eigenvalue weighted by molar-refractivity contribution is 5.77. The molecule has 0 aromatic rings. The molecule has 7 heteroatoms. The molecule has 0 saturated carbocycles. The second kappa shape index (κ2) is 10.9. The van der Waals surface area contributed by atoms with E-state index in [0.717, 1.165) is 38.6 Å². The van der Waals surface area contributed by atoms with E-state index < -0.39 is 11.7 Å². The van der Waals surface area contributed by atoms with E-state index >= 15 is 0 Å². The van der Waals surface area contributed by atoms with Gasteiger partial charge in [0.2, 0.25) is 11.8 Å². The summed E-state index contributed by atoms with van der Waals surface area (Å²) in [6, 6.07) is 0. The normalized spacial score (nSPS) is 13.7. The molecule has 22 heavy (non-hydrogen) atoms. The standard InChI is InChI=1S/C11H22N2O3.C4H7NO/c1-11(2,3)16-10(15)13-8-6-4-5-7-9(12)14;6-4-2-1-3-5-4/h4-8H2,1-3H3,(H2,12,14)(H,13,15);1-3H2,(H,5,6). The number of carbonyl (C=O) groups excluding carboxylic acids is 3. The molecular weight excluding hydrogens is 286 g/mol. The Balaban J connectivity index is 0.000000604. The topological polar surface area (TPSA) is 111 Å². The van der Waals surface area contributed by atoms with Gasteiger partial charge in [0.15, 0.2) is 0 Å². The average molecular weight is 315 g/mol. The fourth-order valence-corrected chi connectivity index (χ4v) is 1.67. The van der Waals surface area contributed by atoms with E-state index in [9.17, 15) is 14.4 Å². The quantitative estimate of drug-likeness (QED) is 0.644. The van der Waals surface area contributed by atoms with Crippen LogP contribution in [0, 0.1) is 0 Å². The van der Waals surface area contributed by atoms with Crippen LogP contribution in [0.15, 0.2) is 0 Å². The second-order valence-electron chi connectivity index (χ2n) is 6.16. The van der Waals surface area contributed by atoms with Crippen LogP contribution in [0.3, 0.4) is 0 Å². The van der Waals surface area contributed by atoms with Crippen molar-refractivity contribution in [2.75, 3.05) is 13.1 Å². The first-order valence-electron chi connectivity index (χ1n) is 7.72. The summed E-state index contributed by atoms with van der Waals surface area (Å²) in [6.45, 7) is 6.91. The third-order valence-corrected chi connectivity index (χ3v) is 2.67. The molecule has 0 aliphatic carbocycles. The molecule has 1 aliphatic heterocycles. The Kier molecular flexibility index (Phi) is 9.98. The van der Waals surface area contributed by atoms with Gasteiger partial charge in [-0.25, -0.2) is 4.79 Å². The minimum absolute atomic E-state index is 0.204. The highest BCUT2D eigenvalue weighted by Crippen LogP contribution is 2.06. The fraction of sp³-hybridized carbons (Fsp3) is 0.800. The third kappa shape index (κ3) is 14.6. The summed E-state index contributed by atoms with van der Waals surface area (Å²) in [6.07, 6.45) is 4.24. The van der Waals surface area contributed by atoms with Crippen LogP contribution in [0.2, 0.25) is 0 Å². The Labute approximate surface area is 132 Å². The van der Waals surface area contributed by atoms with Crippen molar-refractivity contribution < 1.29 is 19.1 Å². The van der Waals surface area contributed by atoms with E-state index in [4.69, 9.17) is 10.5 Å². The van der Waals surface area contributed by atoms with Crippen molar-refractivity contribution in [2.45, 2.75) is 64.9 Å². The Hall–Kier alpha value is -1.79. The number of alkyl carbamates (subject to hydrolysis) is 1. The minimum atomic E-state index is -0.462. The second-order valence-corrected chi connectivity index (χ2v) is 6.16. The largest absolute Gasteiger partial charge is 0.444 e.